The number of carboxylic acid groups (broad SMARTS) is 1. The van der Waals surface area contributed by atoms with Gasteiger partial charge < -0.3 is 20.1 Å². The Balaban J connectivity index is 2.65. The monoisotopic (exact) mass is 280 g/mol. The first-order valence-electron chi connectivity index (χ1n) is 6.17. The molecule has 1 aromatic carbocycles. The van der Waals surface area contributed by atoms with Crippen molar-refractivity contribution >= 4 is 12.0 Å². The SMILES string of the molecule is COc1cccc(CNC(=O)N(C)C(C)(C)C(=O)O)c1. The molecule has 0 aromatic heterocycles. The predicted octanol–water partition coefficient (Wildman–Crippen LogP) is 1.70. The van der Waals surface area contributed by atoms with Gasteiger partial charge in [0.15, 0.2) is 0 Å². The summed E-state index contributed by atoms with van der Waals surface area (Å²) in [7, 11) is 3.02. The first-order valence-corrected chi connectivity index (χ1v) is 6.17. The molecule has 6 heteroatoms. The van der Waals surface area contributed by atoms with Gasteiger partial charge in [0.25, 0.3) is 0 Å². The molecule has 0 bridgehead atoms. The molecule has 110 valence electrons. The molecule has 20 heavy (non-hydrogen) atoms. The number of carbonyl (C=O) groups excluding carboxylic acids is 1. The van der Waals surface area contributed by atoms with Crippen molar-refractivity contribution in [1.29, 1.82) is 0 Å². The molecule has 0 spiro atoms. The summed E-state index contributed by atoms with van der Waals surface area (Å²) < 4.78 is 5.09. The summed E-state index contributed by atoms with van der Waals surface area (Å²) in [6, 6.07) is 6.85. The fourth-order valence-corrected chi connectivity index (χ4v) is 1.48. The lowest BCUT2D eigenvalue weighted by molar-refractivity contribution is -0.146. The lowest BCUT2D eigenvalue weighted by Gasteiger charge is -2.31. The third kappa shape index (κ3) is 3.63. The van der Waals surface area contributed by atoms with Crippen LogP contribution in [0.15, 0.2) is 24.3 Å². The fourth-order valence-electron chi connectivity index (χ4n) is 1.48. The van der Waals surface area contributed by atoms with Gasteiger partial charge in [0.1, 0.15) is 11.3 Å². The number of aliphatic carboxylic acids is 1. The van der Waals surface area contributed by atoms with Crippen molar-refractivity contribution in [2.45, 2.75) is 25.9 Å². The van der Waals surface area contributed by atoms with E-state index in [2.05, 4.69) is 5.32 Å². The molecular weight excluding hydrogens is 260 g/mol. The van der Waals surface area contributed by atoms with Gasteiger partial charge in [-0.2, -0.15) is 0 Å². The molecule has 0 heterocycles. The molecule has 1 aromatic rings. The van der Waals surface area contributed by atoms with Crippen LogP contribution >= 0.6 is 0 Å². The Labute approximate surface area is 118 Å². The number of carboxylic acids is 1. The van der Waals surface area contributed by atoms with Gasteiger partial charge in [-0.15, -0.1) is 0 Å². The van der Waals surface area contributed by atoms with Gasteiger partial charge in [0, 0.05) is 13.6 Å². The van der Waals surface area contributed by atoms with Crippen molar-refractivity contribution in [3.63, 3.8) is 0 Å². The number of carbonyl (C=O) groups is 2. The summed E-state index contributed by atoms with van der Waals surface area (Å²) in [4.78, 5) is 24.2. The van der Waals surface area contributed by atoms with E-state index in [0.29, 0.717) is 12.3 Å². The molecule has 1 rings (SSSR count). The van der Waals surface area contributed by atoms with Crippen molar-refractivity contribution < 1.29 is 19.4 Å². The number of amides is 2. The smallest absolute Gasteiger partial charge is 0.329 e. The fraction of sp³-hybridized carbons (Fsp3) is 0.429. The third-order valence-corrected chi connectivity index (χ3v) is 3.24. The van der Waals surface area contributed by atoms with E-state index in [0.717, 1.165) is 10.5 Å². The quantitative estimate of drug-likeness (QED) is 0.860. The molecule has 0 aliphatic carbocycles. The zero-order valence-corrected chi connectivity index (χ0v) is 12.1. The van der Waals surface area contributed by atoms with E-state index in [4.69, 9.17) is 9.84 Å². The Morgan fingerprint density at radius 1 is 1.40 bits per heavy atom. The topological polar surface area (TPSA) is 78.9 Å². The van der Waals surface area contributed by atoms with E-state index >= 15 is 0 Å². The third-order valence-electron chi connectivity index (χ3n) is 3.24. The highest BCUT2D eigenvalue weighted by Gasteiger charge is 2.35. The molecule has 0 atom stereocenters. The van der Waals surface area contributed by atoms with Crippen LogP contribution in [0.25, 0.3) is 0 Å². The number of nitrogens with one attached hydrogen (secondary N) is 1. The molecule has 0 saturated carbocycles. The maximum Gasteiger partial charge on any atom is 0.329 e. The van der Waals surface area contributed by atoms with Crippen LogP contribution < -0.4 is 10.1 Å². The Hall–Kier alpha value is -2.24. The molecule has 0 aliphatic rings. The predicted molar refractivity (Wildman–Crippen MR) is 74.7 cm³/mol. The van der Waals surface area contributed by atoms with Crippen LogP contribution in [-0.4, -0.2) is 41.7 Å². The first kappa shape index (κ1) is 15.8. The molecular formula is C14H20N2O4. The Kier molecular flexibility index (Phi) is 4.96. The van der Waals surface area contributed by atoms with Crippen LogP contribution in [0, 0.1) is 0 Å². The van der Waals surface area contributed by atoms with Crippen LogP contribution in [0.2, 0.25) is 0 Å². The number of hydrogen-bond donors (Lipinski definition) is 2. The van der Waals surface area contributed by atoms with Crippen molar-refractivity contribution in [1.82, 2.24) is 10.2 Å². The van der Waals surface area contributed by atoms with E-state index < -0.39 is 17.5 Å². The maximum atomic E-state index is 11.9. The van der Waals surface area contributed by atoms with Crippen LogP contribution in [0.1, 0.15) is 19.4 Å². The molecule has 0 radical (unpaired) electrons. The molecule has 2 N–H and O–H groups in total. The largest absolute Gasteiger partial charge is 0.497 e. The normalized spacial score (nSPS) is 10.8. The molecule has 0 aliphatic heterocycles. The summed E-state index contributed by atoms with van der Waals surface area (Å²) in [6.45, 7) is 3.25. The minimum Gasteiger partial charge on any atom is -0.497 e. The van der Waals surface area contributed by atoms with Gasteiger partial charge in [-0.25, -0.2) is 9.59 Å². The number of likely N-dealkylation sites (N-methyl/N-ethyl adjacent to an activating group) is 1. The second-order valence-corrected chi connectivity index (χ2v) is 4.93. The van der Waals surface area contributed by atoms with Gasteiger partial charge in [-0.05, 0) is 31.5 Å². The molecule has 0 unspecified atom stereocenters. The zero-order valence-electron chi connectivity index (χ0n) is 12.1. The molecule has 0 fully saturated rings. The molecule has 6 nitrogen and oxygen atoms in total. The summed E-state index contributed by atoms with van der Waals surface area (Å²) in [5.74, 6) is -0.354. The minimum absolute atomic E-state index is 0.302. The van der Waals surface area contributed by atoms with Crippen molar-refractivity contribution in [3.05, 3.63) is 29.8 Å². The number of methoxy groups -OCH3 is 1. The van der Waals surface area contributed by atoms with E-state index in [1.165, 1.54) is 20.9 Å². The van der Waals surface area contributed by atoms with E-state index in [-0.39, 0.29) is 0 Å². The number of ether oxygens (including phenoxy) is 1. The Morgan fingerprint density at radius 2 is 2.05 bits per heavy atom. The van der Waals surface area contributed by atoms with Crippen molar-refractivity contribution in [2.24, 2.45) is 0 Å². The van der Waals surface area contributed by atoms with E-state index in [1.807, 2.05) is 24.3 Å². The second-order valence-electron chi connectivity index (χ2n) is 4.93. The van der Waals surface area contributed by atoms with Crippen LogP contribution in [0.4, 0.5) is 4.79 Å². The van der Waals surface area contributed by atoms with Crippen molar-refractivity contribution in [3.8, 4) is 5.75 Å². The molecule has 2 amide bonds. The molecule has 0 saturated heterocycles. The lowest BCUT2D eigenvalue weighted by Crippen LogP contribution is -2.53. The standard InChI is InChI=1S/C14H20N2O4/c1-14(2,12(17)18)16(3)13(19)15-9-10-6-5-7-11(8-10)20-4/h5-8H,9H2,1-4H3,(H,15,19)(H,17,18). The number of urea groups is 1. The summed E-state index contributed by atoms with van der Waals surface area (Å²) in [5.41, 5.74) is -0.391. The first-order chi connectivity index (χ1) is 9.28. The van der Waals surface area contributed by atoms with Crippen LogP contribution in [0.3, 0.4) is 0 Å². The average Bonchev–Trinajstić information content (AvgIpc) is 2.43. The second kappa shape index (κ2) is 6.27. The Bertz CT molecular complexity index is 500. The average molecular weight is 280 g/mol. The van der Waals surface area contributed by atoms with Gasteiger partial charge in [0.05, 0.1) is 7.11 Å². The number of nitrogens with zero attached hydrogens (tertiary/aromatic N) is 1. The summed E-state index contributed by atoms with van der Waals surface area (Å²) >= 11 is 0. The highest BCUT2D eigenvalue weighted by molar-refractivity contribution is 5.85. The van der Waals surface area contributed by atoms with Crippen LogP contribution in [-0.2, 0) is 11.3 Å². The maximum absolute atomic E-state index is 11.9. The van der Waals surface area contributed by atoms with Crippen LogP contribution in [0.5, 0.6) is 5.75 Å². The number of benzene rings is 1. The van der Waals surface area contributed by atoms with Gasteiger partial charge >= 0.3 is 12.0 Å². The van der Waals surface area contributed by atoms with Gasteiger partial charge in [-0.1, -0.05) is 12.1 Å². The Morgan fingerprint density at radius 3 is 2.60 bits per heavy atom. The number of rotatable bonds is 5. The highest BCUT2D eigenvalue weighted by Crippen LogP contribution is 2.14. The van der Waals surface area contributed by atoms with E-state index in [1.54, 1.807) is 7.11 Å². The van der Waals surface area contributed by atoms with Gasteiger partial charge in [0.2, 0.25) is 0 Å². The minimum atomic E-state index is -1.27. The van der Waals surface area contributed by atoms with E-state index in [9.17, 15) is 9.59 Å². The zero-order chi connectivity index (χ0) is 15.3. The van der Waals surface area contributed by atoms with Gasteiger partial charge in [-0.3, -0.25) is 0 Å². The highest BCUT2D eigenvalue weighted by atomic mass is 16.5. The summed E-state index contributed by atoms with van der Waals surface area (Å²) in [6.07, 6.45) is 0. The number of hydrogen-bond acceptors (Lipinski definition) is 3. The summed E-state index contributed by atoms with van der Waals surface area (Å²) in [5, 5.41) is 11.8. The van der Waals surface area contributed by atoms with Crippen molar-refractivity contribution in [2.75, 3.05) is 14.2 Å². The lowest BCUT2D eigenvalue weighted by atomic mass is 10.1.